The number of likely N-dealkylation sites (tertiary alicyclic amines) is 1. The molecule has 1 saturated heterocycles. The minimum atomic E-state index is -4.58. The van der Waals surface area contributed by atoms with Crippen LogP contribution in [-0.2, 0) is 11.0 Å². The second-order valence-corrected chi connectivity index (χ2v) is 7.45. The Hall–Kier alpha value is -2.09. The Bertz CT molecular complexity index is 799. The lowest BCUT2D eigenvalue weighted by atomic mass is 10.0. The van der Waals surface area contributed by atoms with Gasteiger partial charge in [0.1, 0.15) is 5.69 Å². The van der Waals surface area contributed by atoms with E-state index in [4.69, 9.17) is 0 Å². The molecule has 1 aromatic carbocycles. The van der Waals surface area contributed by atoms with E-state index in [0.717, 1.165) is 37.1 Å². The maximum absolute atomic E-state index is 13.2. The van der Waals surface area contributed by atoms with Gasteiger partial charge in [0.2, 0.25) is 5.91 Å². The van der Waals surface area contributed by atoms with Crippen molar-refractivity contribution in [2.45, 2.75) is 43.6 Å². The molecule has 1 unspecified atom stereocenters. The van der Waals surface area contributed by atoms with Crippen molar-refractivity contribution in [1.29, 1.82) is 0 Å². The van der Waals surface area contributed by atoms with Crippen LogP contribution in [0.3, 0.4) is 0 Å². The third-order valence-electron chi connectivity index (χ3n) is 4.51. The summed E-state index contributed by atoms with van der Waals surface area (Å²) in [7, 11) is 0. The highest BCUT2D eigenvalue weighted by Crippen LogP contribution is 2.32. The molecule has 1 fully saturated rings. The molecular formula is C19H20F3N3OS. The molecule has 0 radical (unpaired) electrons. The van der Waals surface area contributed by atoms with Crippen molar-refractivity contribution in [3.05, 3.63) is 42.1 Å². The number of hydrogen-bond acceptors (Lipinski definition) is 4. The number of aromatic nitrogens is 2. The number of carbonyl (C=O) groups excluding carboxylic acids is 1. The second-order valence-electron chi connectivity index (χ2n) is 6.51. The lowest BCUT2D eigenvalue weighted by Crippen LogP contribution is -2.42. The maximum atomic E-state index is 13.2. The van der Waals surface area contributed by atoms with Crippen molar-refractivity contribution in [2.24, 2.45) is 0 Å². The fourth-order valence-corrected chi connectivity index (χ4v) is 3.81. The molecule has 2 aromatic rings. The van der Waals surface area contributed by atoms with Gasteiger partial charge in [0.25, 0.3) is 0 Å². The predicted molar refractivity (Wildman–Crippen MR) is 98.2 cm³/mol. The molecule has 0 bridgehead atoms. The molecule has 0 saturated carbocycles. The van der Waals surface area contributed by atoms with Gasteiger partial charge in [-0.1, -0.05) is 42.1 Å². The van der Waals surface area contributed by atoms with Gasteiger partial charge in [-0.3, -0.25) is 4.79 Å². The molecule has 1 aliphatic rings. The molecule has 1 aromatic heterocycles. The third kappa shape index (κ3) is 5.00. The van der Waals surface area contributed by atoms with Crippen LogP contribution in [0.4, 0.5) is 13.2 Å². The smallest absolute Gasteiger partial charge is 0.339 e. The van der Waals surface area contributed by atoms with E-state index in [9.17, 15) is 18.0 Å². The Morgan fingerprint density at radius 1 is 1.22 bits per heavy atom. The lowest BCUT2D eigenvalue weighted by Gasteiger charge is -2.33. The molecule has 0 N–H and O–H groups in total. The average molecular weight is 395 g/mol. The number of carbonyl (C=O) groups is 1. The molecule has 0 spiro atoms. The standard InChI is InChI=1S/C19H20F3N3OS/c1-13-7-5-6-10-25(13)17(26)12-27-18-23-15(14-8-3-2-4-9-14)11-16(24-18)19(20,21)22/h2-4,8-9,11,13H,5-7,10,12H2,1H3. The summed E-state index contributed by atoms with van der Waals surface area (Å²) < 4.78 is 39.7. The Balaban J connectivity index is 1.81. The number of rotatable bonds is 4. The highest BCUT2D eigenvalue weighted by Gasteiger charge is 2.34. The SMILES string of the molecule is CC1CCCCN1C(=O)CSc1nc(-c2ccccc2)cc(C(F)(F)F)n1. The molecule has 0 aliphatic carbocycles. The molecule has 3 rings (SSSR count). The summed E-state index contributed by atoms with van der Waals surface area (Å²) >= 11 is 0.950. The van der Waals surface area contributed by atoms with Crippen LogP contribution in [0.1, 0.15) is 31.9 Å². The van der Waals surface area contributed by atoms with Crippen LogP contribution in [-0.4, -0.2) is 39.1 Å². The van der Waals surface area contributed by atoms with Crippen LogP contribution in [0.2, 0.25) is 0 Å². The summed E-state index contributed by atoms with van der Waals surface area (Å²) in [5.74, 6) is -0.0608. The van der Waals surface area contributed by atoms with Gasteiger partial charge in [0.05, 0.1) is 11.4 Å². The summed E-state index contributed by atoms with van der Waals surface area (Å²) in [5, 5.41) is -0.0401. The zero-order chi connectivity index (χ0) is 19.4. The normalized spacial score (nSPS) is 17.8. The van der Waals surface area contributed by atoms with E-state index in [1.807, 2.05) is 6.92 Å². The first-order chi connectivity index (χ1) is 12.8. The second kappa shape index (κ2) is 8.29. The number of piperidine rings is 1. The highest BCUT2D eigenvalue weighted by molar-refractivity contribution is 7.99. The van der Waals surface area contributed by atoms with Crippen LogP contribution >= 0.6 is 11.8 Å². The molecule has 1 amide bonds. The van der Waals surface area contributed by atoms with Crippen LogP contribution < -0.4 is 0 Å². The van der Waals surface area contributed by atoms with Gasteiger partial charge in [-0.25, -0.2) is 9.97 Å². The van der Waals surface area contributed by atoms with Gasteiger partial charge in [-0.2, -0.15) is 13.2 Å². The quantitative estimate of drug-likeness (QED) is 0.558. The minimum Gasteiger partial charge on any atom is -0.339 e. The summed E-state index contributed by atoms with van der Waals surface area (Å²) in [6.45, 7) is 2.69. The van der Waals surface area contributed by atoms with Crippen LogP contribution in [0.25, 0.3) is 11.3 Å². The number of thioether (sulfide) groups is 1. The Labute approximate surface area is 160 Å². The van der Waals surface area contributed by atoms with Gasteiger partial charge >= 0.3 is 6.18 Å². The predicted octanol–water partition coefficient (Wildman–Crippen LogP) is 4.66. The van der Waals surface area contributed by atoms with E-state index in [0.29, 0.717) is 12.1 Å². The average Bonchev–Trinajstić information content (AvgIpc) is 2.66. The Morgan fingerprint density at radius 3 is 2.63 bits per heavy atom. The molecule has 144 valence electrons. The molecule has 8 heteroatoms. The largest absolute Gasteiger partial charge is 0.433 e. The van der Waals surface area contributed by atoms with Crippen LogP contribution in [0.5, 0.6) is 0 Å². The van der Waals surface area contributed by atoms with Crippen molar-refractivity contribution in [3.63, 3.8) is 0 Å². The van der Waals surface area contributed by atoms with E-state index >= 15 is 0 Å². The van der Waals surface area contributed by atoms with Crippen molar-refractivity contribution >= 4 is 17.7 Å². The monoisotopic (exact) mass is 395 g/mol. The highest BCUT2D eigenvalue weighted by atomic mass is 32.2. The van der Waals surface area contributed by atoms with Crippen molar-refractivity contribution < 1.29 is 18.0 Å². The summed E-state index contributed by atoms with van der Waals surface area (Å²) in [6.07, 6.45) is -1.57. The first-order valence-corrected chi connectivity index (χ1v) is 9.77. The Kier molecular flexibility index (Phi) is 6.04. The maximum Gasteiger partial charge on any atom is 0.433 e. The van der Waals surface area contributed by atoms with Crippen LogP contribution in [0.15, 0.2) is 41.6 Å². The van der Waals surface area contributed by atoms with E-state index in [2.05, 4.69) is 9.97 Å². The number of halogens is 3. The topological polar surface area (TPSA) is 46.1 Å². The summed E-state index contributed by atoms with van der Waals surface area (Å²) in [4.78, 5) is 22.1. The molecule has 2 heterocycles. The Morgan fingerprint density at radius 2 is 1.96 bits per heavy atom. The van der Waals surface area contributed by atoms with Gasteiger partial charge in [0, 0.05) is 18.2 Å². The molecule has 4 nitrogen and oxygen atoms in total. The fourth-order valence-electron chi connectivity index (χ4n) is 3.07. The van der Waals surface area contributed by atoms with Gasteiger partial charge < -0.3 is 4.90 Å². The summed E-state index contributed by atoms with van der Waals surface area (Å²) in [5.41, 5.74) is -0.236. The molecular weight excluding hydrogens is 375 g/mol. The first-order valence-electron chi connectivity index (χ1n) is 8.78. The van der Waals surface area contributed by atoms with Gasteiger partial charge in [-0.05, 0) is 32.3 Å². The van der Waals surface area contributed by atoms with Gasteiger partial charge in [-0.15, -0.1) is 0 Å². The van der Waals surface area contributed by atoms with E-state index in [1.54, 1.807) is 35.2 Å². The molecule has 27 heavy (non-hydrogen) atoms. The first kappa shape index (κ1) is 19.7. The number of amides is 1. The fraction of sp³-hybridized carbons (Fsp3) is 0.421. The van der Waals surface area contributed by atoms with Crippen molar-refractivity contribution in [3.8, 4) is 11.3 Å². The number of nitrogens with zero attached hydrogens (tertiary/aromatic N) is 3. The molecule has 1 aliphatic heterocycles. The number of benzene rings is 1. The van der Waals surface area contributed by atoms with E-state index < -0.39 is 11.9 Å². The van der Waals surface area contributed by atoms with Gasteiger partial charge in [0.15, 0.2) is 5.16 Å². The molecule has 1 atom stereocenters. The van der Waals surface area contributed by atoms with E-state index in [1.165, 1.54) is 0 Å². The number of hydrogen-bond donors (Lipinski definition) is 0. The zero-order valence-corrected chi connectivity index (χ0v) is 15.7. The minimum absolute atomic E-state index is 0.0277. The van der Waals surface area contributed by atoms with E-state index in [-0.39, 0.29) is 28.6 Å². The summed E-state index contributed by atoms with van der Waals surface area (Å²) in [6, 6.07) is 9.73. The third-order valence-corrected chi connectivity index (χ3v) is 5.35. The van der Waals surface area contributed by atoms with Crippen LogP contribution in [0, 0.1) is 0 Å². The van der Waals surface area contributed by atoms with Crippen molar-refractivity contribution in [1.82, 2.24) is 14.9 Å². The number of alkyl halides is 3. The van der Waals surface area contributed by atoms with Crippen molar-refractivity contribution in [2.75, 3.05) is 12.3 Å². The zero-order valence-electron chi connectivity index (χ0n) is 14.9. The lowest BCUT2D eigenvalue weighted by molar-refractivity contribution is -0.141.